The third kappa shape index (κ3) is 3.73. The van der Waals surface area contributed by atoms with Gasteiger partial charge >= 0.3 is 5.97 Å². The van der Waals surface area contributed by atoms with Crippen molar-refractivity contribution in [1.29, 1.82) is 0 Å². The summed E-state index contributed by atoms with van der Waals surface area (Å²) in [6.07, 6.45) is 0.150. The highest BCUT2D eigenvalue weighted by Gasteiger charge is 2.49. The SMILES string of the molecule is CC(C)(C)P(=O)(OC(=O)Cc1ccccc1)C(C)(C)C. The number of carbonyl (C=O) groups is 1. The van der Waals surface area contributed by atoms with Crippen molar-refractivity contribution < 1.29 is 13.9 Å². The summed E-state index contributed by atoms with van der Waals surface area (Å²) in [4.78, 5) is 12.1. The lowest BCUT2D eigenvalue weighted by Crippen LogP contribution is -2.31. The minimum atomic E-state index is -3.13. The summed E-state index contributed by atoms with van der Waals surface area (Å²) >= 11 is 0. The Balaban J connectivity index is 2.93. The van der Waals surface area contributed by atoms with E-state index < -0.39 is 23.7 Å². The predicted molar refractivity (Wildman–Crippen MR) is 83.4 cm³/mol. The third-order valence-electron chi connectivity index (χ3n) is 3.19. The molecule has 0 aliphatic heterocycles. The molecule has 4 heteroatoms. The summed E-state index contributed by atoms with van der Waals surface area (Å²) in [6, 6.07) is 9.36. The van der Waals surface area contributed by atoms with E-state index in [1.807, 2.05) is 71.9 Å². The van der Waals surface area contributed by atoms with Gasteiger partial charge in [0.05, 0.1) is 6.42 Å². The molecule has 0 N–H and O–H groups in total. The molecule has 0 spiro atoms. The first-order valence-electron chi connectivity index (χ1n) is 6.84. The van der Waals surface area contributed by atoms with Gasteiger partial charge in [0.1, 0.15) is 0 Å². The molecule has 0 aromatic heterocycles. The third-order valence-corrected chi connectivity index (χ3v) is 7.18. The molecule has 1 rings (SSSR count). The molecule has 0 aliphatic carbocycles. The van der Waals surface area contributed by atoms with Crippen molar-refractivity contribution in [3.05, 3.63) is 35.9 Å². The standard InChI is InChI=1S/C16H25O3P/c1-15(2,3)20(18,16(4,5)6)19-14(17)12-13-10-8-7-9-11-13/h7-11H,12H2,1-6H3. The first-order chi connectivity index (χ1) is 8.97. The Bertz CT molecular complexity index is 489. The Morgan fingerprint density at radius 3 is 1.85 bits per heavy atom. The second kappa shape index (κ2) is 5.73. The first-order valence-corrected chi connectivity index (χ1v) is 8.46. The van der Waals surface area contributed by atoms with Gasteiger partial charge in [-0.15, -0.1) is 0 Å². The fraction of sp³-hybridized carbons (Fsp3) is 0.562. The second-order valence-corrected chi connectivity index (χ2v) is 11.0. The van der Waals surface area contributed by atoms with Gasteiger partial charge in [-0.05, 0) is 5.56 Å². The van der Waals surface area contributed by atoms with Gasteiger partial charge in [0.15, 0.2) is 0 Å². The lowest BCUT2D eigenvalue weighted by atomic mass is 10.2. The van der Waals surface area contributed by atoms with Crippen molar-refractivity contribution >= 4 is 13.3 Å². The zero-order chi connectivity index (χ0) is 15.6. The summed E-state index contributed by atoms with van der Waals surface area (Å²) in [5.41, 5.74) is 0.867. The summed E-state index contributed by atoms with van der Waals surface area (Å²) in [6.45, 7) is 11.1. The normalized spacial score (nSPS) is 13.1. The minimum Gasteiger partial charge on any atom is -0.411 e. The highest BCUT2D eigenvalue weighted by atomic mass is 31.2. The van der Waals surface area contributed by atoms with Gasteiger partial charge in [0.25, 0.3) is 7.37 Å². The molecule has 0 radical (unpaired) electrons. The van der Waals surface area contributed by atoms with Crippen molar-refractivity contribution in [2.45, 2.75) is 58.3 Å². The number of carbonyl (C=O) groups excluding carboxylic acids is 1. The molecule has 0 amide bonds. The molecule has 1 aromatic carbocycles. The molecule has 3 nitrogen and oxygen atoms in total. The Morgan fingerprint density at radius 2 is 1.45 bits per heavy atom. The maximum atomic E-state index is 13.2. The van der Waals surface area contributed by atoms with E-state index in [-0.39, 0.29) is 6.42 Å². The Hall–Kier alpha value is -1.08. The van der Waals surface area contributed by atoms with Crippen LogP contribution in [0.3, 0.4) is 0 Å². The molecule has 112 valence electrons. The first kappa shape index (κ1) is 17.0. The lowest BCUT2D eigenvalue weighted by molar-refractivity contribution is -0.133. The maximum absolute atomic E-state index is 13.2. The Kier molecular flexibility index (Phi) is 4.86. The fourth-order valence-electron chi connectivity index (χ4n) is 2.22. The van der Waals surface area contributed by atoms with Gasteiger partial charge < -0.3 is 4.52 Å². The number of hydrogen-bond donors (Lipinski definition) is 0. The zero-order valence-electron chi connectivity index (χ0n) is 13.3. The van der Waals surface area contributed by atoms with E-state index in [1.54, 1.807) is 0 Å². The number of hydrogen-bond acceptors (Lipinski definition) is 3. The van der Waals surface area contributed by atoms with Crippen molar-refractivity contribution in [3.8, 4) is 0 Å². The largest absolute Gasteiger partial charge is 0.411 e. The summed E-state index contributed by atoms with van der Waals surface area (Å²) in [5.74, 6) is -0.426. The molecular weight excluding hydrogens is 271 g/mol. The van der Waals surface area contributed by atoms with Gasteiger partial charge in [0, 0.05) is 10.3 Å². The van der Waals surface area contributed by atoms with Crippen LogP contribution in [-0.4, -0.2) is 16.3 Å². The van der Waals surface area contributed by atoms with Gasteiger partial charge in [0.2, 0.25) is 0 Å². The Labute approximate surface area is 122 Å². The molecule has 0 saturated heterocycles. The summed E-state index contributed by atoms with van der Waals surface area (Å²) in [7, 11) is -3.13. The van der Waals surface area contributed by atoms with Crippen LogP contribution in [0.5, 0.6) is 0 Å². The molecule has 0 unspecified atom stereocenters. The van der Waals surface area contributed by atoms with E-state index in [2.05, 4.69) is 0 Å². The molecule has 1 aromatic rings. The van der Waals surface area contributed by atoms with Gasteiger partial charge in [-0.25, -0.2) is 0 Å². The van der Waals surface area contributed by atoms with Crippen LogP contribution >= 0.6 is 7.37 Å². The van der Waals surface area contributed by atoms with Crippen molar-refractivity contribution in [1.82, 2.24) is 0 Å². The van der Waals surface area contributed by atoms with Crippen molar-refractivity contribution in [2.24, 2.45) is 0 Å². The van der Waals surface area contributed by atoms with E-state index in [0.717, 1.165) is 5.56 Å². The average molecular weight is 296 g/mol. The maximum Gasteiger partial charge on any atom is 0.315 e. The molecule has 0 fully saturated rings. The van der Waals surface area contributed by atoms with Crippen LogP contribution in [0.1, 0.15) is 47.1 Å². The molecule has 0 bridgehead atoms. The molecular formula is C16H25O3P. The monoisotopic (exact) mass is 296 g/mol. The number of benzene rings is 1. The Morgan fingerprint density at radius 1 is 1.00 bits per heavy atom. The average Bonchev–Trinajstić information content (AvgIpc) is 2.26. The molecule has 0 saturated carbocycles. The summed E-state index contributed by atoms with van der Waals surface area (Å²) < 4.78 is 18.7. The van der Waals surface area contributed by atoms with Crippen LogP contribution < -0.4 is 0 Å². The molecule has 0 atom stereocenters. The molecule has 0 heterocycles. The smallest absolute Gasteiger partial charge is 0.315 e. The van der Waals surface area contributed by atoms with E-state index in [9.17, 15) is 9.36 Å². The highest BCUT2D eigenvalue weighted by Crippen LogP contribution is 2.67. The minimum absolute atomic E-state index is 0.150. The zero-order valence-corrected chi connectivity index (χ0v) is 14.2. The number of rotatable bonds is 3. The van der Waals surface area contributed by atoms with Gasteiger partial charge in [-0.2, -0.15) is 0 Å². The molecule has 20 heavy (non-hydrogen) atoms. The van der Waals surface area contributed by atoms with Crippen LogP contribution in [0.15, 0.2) is 30.3 Å². The van der Waals surface area contributed by atoms with Crippen molar-refractivity contribution in [3.63, 3.8) is 0 Å². The lowest BCUT2D eigenvalue weighted by Gasteiger charge is -2.39. The van der Waals surface area contributed by atoms with E-state index >= 15 is 0 Å². The van der Waals surface area contributed by atoms with E-state index in [1.165, 1.54) is 0 Å². The van der Waals surface area contributed by atoms with E-state index in [4.69, 9.17) is 4.52 Å². The quantitative estimate of drug-likeness (QED) is 0.763. The van der Waals surface area contributed by atoms with Gasteiger partial charge in [-0.3, -0.25) is 9.36 Å². The van der Waals surface area contributed by atoms with Crippen LogP contribution in [0, 0.1) is 0 Å². The highest BCUT2D eigenvalue weighted by molar-refractivity contribution is 7.62. The molecule has 0 aliphatic rings. The summed E-state index contributed by atoms with van der Waals surface area (Å²) in [5, 5.41) is -1.14. The van der Waals surface area contributed by atoms with Crippen LogP contribution in [0.4, 0.5) is 0 Å². The predicted octanol–water partition coefficient (Wildman–Crippen LogP) is 4.65. The van der Waals surface area contributed by atoms with Crippen molar-refractivity contribution in [2.75, 3.05) is 0 Å². The van der Waals surface area contributed by atoms with Gasteiger partial charge in [-0.1, -0.05) is 71.9 Å². The fourth-order valence-corrected chi connectivity index (χ4v) is 5.13. The van der Waals surface area contributed by atoms with Crippen LogP contribution in [0.25, 0.3) is 0 Å². The second-order valence-electron chi connectivity index (χ2n) is 7.02. The van der Waals surface area contributed by atoms with Crippen LogP contribution in [-0.2, 0) is 20.3 Å². The van der Waals surface area contributed by atoms with E-state index in [0.29, 0.717) is 0 Å². The van der Waals surface area contributed by atoms with Crippen LogP contribution in [0.2, 0.25) is 0 Å². The topological polar surface area (TPSA) is 43.4 Å².